The summed E-state index contributed by atoms with van der Waals surface area (Å²) in [6.45, 7) is 5.17. The molecule has 0 atom stereocenters. The maximum absolute atomic E-state index is 10.8. The van der Waals surface area contributed by atoms with Crippen molar-refractivity contribution in [3.63, 3.8) is 0 Å². The molecule has 0 saturated carbocycles. The molecule has 2 aromatic rings. The van der Waals surface area contributed by atoms with Crippen LogP contribution in [0.5, 0.6) is 0 Å². The monoisotopic (exact) mass is 487 g/mol. The fraction of sp³-hybridized carbons (Fsp3) is 0.444. The SMILES string of the molecule is CCC(CC)c1cc(CNC(=NC)NCc2cccc([N+](=O)[O-])c2)on1.I. The van der Waals surface area contributed by atoms with E-state index in [0.717, 1.165) is 29.9 Å². The van der Waals surface area contributed by atoms with Crippen molar-refractivity contribution in [3.05, 3.63) is 57.5 Å². The van der Waals surface area contributed by atoms with Crippen molar-refractivity contribution in [3.8, 4) is 0 Å². The molecule has 0 radical (unpaired) electrons. The predicted octanol–water partition coefficient (Wildman–Crippen LogP) is 3.97. The van der Waals surface area contributed by atoms with Crippen LogP contribution < -0.4 is 10.6 Å². The minimum Gasteiger partial charge on any atom is -0.359 e. The predicted molar refractivity (Wildman–Crippen MR) is 115 cm³/mol. The van der Waals surface area contributed by atoms with Gasteiger partial charge in [-0.15, -0.1) is 24.0 Å². The van der Waals surface area contributed by atoms with E-state index in [1.165, 1.54) is 6.07 Å². The van der Waals surface area contributed by atoms with E-state index in [2.05, 4.69) is 34.6 Å². The third kappa shape index (κ3) is 6.81. The van der Waals surface area contributed by atoms with Gasteiger partial charge in [0.1, 0.15) is 0 Å². The molecule has 1 heterocycles. The van der Waals surface area contributed by atoms with Gasteiger partial charge in [0.05, 0.1) is 17.2 Å². The summed E-state index contributed by atoms with van der Waals surface area (Å²) in [7, 11) is 1.67. The number of aliphatic imine (C=N–C) groups is 1. The first-order chi connectivity index (χ1) is 12.6. The van der Waals surface area contributed by atoms with Gasteiger partial charge in [-0.05, 0) is 18.4 Å². The van der Waals surface area contributed by atoms with Gasteiger partial charge in [0.15, 0.2) is 11.7 Å². The number of hydrogen-bond donors (Lipinski definition) is 2. The Morgan fingerprint density at radius 2 is 1.96 bits per heavy atom. The van der Waals surface area contributed by atoms with Gasteiger partial charge in [-0.1, -0.05) is 31.1 Å². The normalized spacial score (nSPS) is 11.2. The highest BCUT2D eigenvalue weighted by molar-refractivity contribution is 14.0. The van der Waals surface area contributed by atoms with Crippen LogP contribution in [0.1, 0.15) is 49.6 Å². The summed E-state index contributed by atoms with van der Waals surface area (Å²) in [5.74, 6) is 1.74. The van der Waals surface area contributed by atoms with Crippen molar-refractivity contribution < 1.29 is 9.45 Å². The van der Waals surface area contributed by atoms with Gasteiger partial charge < -0.3 is 15.2 Å². The Morgan fingerprint density at radius 3 is 2.59 bits per heavy atom. The molecule has 2 N–H and O–H groups in total. The molecule has 9 heteroatoms. The Morgan fingerprint density at radius 1 is 1.26 bits per heavy atom. The van der Waals surface area contributed by atoms with Gasteiger partial charge in [-0.3, -0.25) is 15.1 Å². The van der Waals surface area contributed by atoms with Crippen molar-refractivity contribution in [2.24, 2.45) is 4.99 Å². The number of benzene rings is 1. The molecule has 0 amide bonds. The summed E-state index contributed by atoms with van der Waals surface area (Å²) in [5.41, 5.74) is 1.85. The maximum atomic E-state index is 10.8. The fourth-order valence-electron chi connectivity index (χ4n) is 2.67. The van der Waals surface area contributed by atoms with Gasteiger partial charge in [-0.25, -0.2) is 0 Å². The van der Waals surface area contributed by atoms with E-state index in [1.807, 2.05) is 12.1 Å². The van der Waals surface area contributed by atoms with Crippen molar-refractivity contribution in [1.82, 2.24) is 15.8 Å². The highest BCUT2D eigenvalue weighted by atomic mass is 127. The molecule has 0 aliphatic heterocycles. The number of non-ortho nitro benzene ring substituents is 1. The summed E-state index contributed by atoms with van der Waals surface area (Å²) < 4.78 is 5.38. The van der Waals surface area contributed by atoms with Crippen LogP contribution in [0.4, 0.5) is 5.69 Å². The number of aromatic nitrogens is 1. The topological polar surface area (TPSA) is 106 Å². The van der Waals surface area contributed by atoms with Crippen molar-refractivity contribution in [2.45, 2.75) is 45.7 Å². The number of hydrogen-bond acceptors (Lipinski definition) is 5. The molecular formula is C18H26IN5O3. The fourth-order valence-corrected chi connectivity index (χ4v) is 2.67. The van der Waals surface area contributed by atoms with Gasteiger partial charge in [-0.2, -0.15) is 0 Å². The van der Waals surface area contributed by atoms with Crippen LogP contribution in [0.25, 0.3) is 0 Å². The molecule has 0 spiro atoms. The maximum Gasteiger partial charge on any atom is 0.269 e. The lowest BCUT2D eigenvalue weighted by Gasteiger charge is -2.10. The minimum absolute atomic E-state index is 0. The van der Waals surface area contributed by atoms with Crippen LogP contribution in [-0.4, -0.2) is 23.1 Å². The third-order valence-corrected chi connectivity index (χ3v) is 4.22. The van der Waals surface area contributed by atoms with Crippen molar-refractivity contribution >= 4 is 35.6 Å². The summed E-state index contributed by atoms with van der Waals surface area (Å²) in [4.78, 5) is 14.6. The van der Waals surface area contributed by atoms with Crippen LogP contribution in [0.15, 0.2) is 39.8 Å². The molecule has 1 aromatic carbocycles. The zero-order valence-corrected chi connectivity index (χ0v) is 18.1. The first kappa shape index (κ1) is 22.9. The van der Waals surface area contributed by atoms with E-state index >= 15 is 0 Å². The molecule has 0 fully saturated rings. The molecule has 8 nitrogen and oxygen atoms in total. The van der Waals surface area contributed by atoms with Crippen molar-refractivity contribution in [1.29, 1.82) is 0 Å². The van der Waals surface area contributed by atoms with Crippen LogP contribution in [-0.2, 0) is 13.1 Å². The van der Waals surface area contributed by atoms with Crippen LogP contribution >= 0.6 is 24.0 Å². The zero-order chi connectivity index (χ0) is 18.9. The second-order valence-electron chi connectivity index (χ2n) is 5.94. The summed E-state index contributed by atoms with van der Waals surface area (Å²) >= 11 is 0. The smallest absolute Gasteiger partial charge is 0.269 e. The largest absolute Gasteiger partial charge is 0.359 e. The number of rotatable bonds is 8. The lowest BCUT2D eigenvalue weighted by atomic mass is 9.99. The van der Waals surface area contributed by atoms with Gasteiger partial charge in [0.2, 0.25) is 0 Å². The number of nitrogens with zero attached hydrogens (tertiary/aromatic N) is 3. The second kappa shape index (κ2) is 11.5. The van der Waals surface area contributed by atoms with E-state index < -0.39 is 4.92 Å². The molecule has 1 aromatic heterocycles. The van der Waals surface area contributed by atoms with Gasteiger partial charge >= 0.3 is 0 Å². The molecule has 2 rings (SSSR count). The second-order valence-corrected chi connectivity index (χ2v) is 5.94. The van der Waals surface area contributed by atoms with Crippen molar-refractivity contribution in [2.75, 3.05) is 7.05 Å². The molecule has 0 unspecified atom stereocenters. The Hall–Kier alpha value is -2.17. The first-order valence-corrected chi connectivity index (χ1v) is 8.70. The lowest BCUT2D eigenvalue weighted by Crippen LogP contribution is -2.36. The third-order valence-electron chi connectivity index (χ3n) is 4.22. The van der Waals surface area contributed by atoms with E-state index in [-0.39, 0.29) is 29.7 Å². The average Bonchev–Trinajstić information content (AvgIpc) is 3.12. The number of nitrogens with one attached hydrogen (secondary N) is 2. The number of guanidine groups is 1. The molecule has 27 heavy (non-hydrogen) atoms. The minimum atomic E-state index is -0.405. The Bertz CT molecular complexity index is 759. The summed E-state index contributed by atoms with van der Waals surface area (Å²) in [6, 6.07) is 8.47. The zero-order valence-electron chi connectivity index (χ0n) is 15.8. The number of nitro benzene ring substituents is 1. The molecule has 148 valence electrons. The molecular weight excluding hydrogens is 461 g/mol. The van der Waals surface area contributed by atoms with E-state index in [9.17, 15) is 10.1 Å². The Labute approximate surface area is 176 Å². The Balaban J connectivity index is 0.00000364. The van der Waals surface area contributed by atoms with E-state index in [0.29, 0.717) is 25.0 Å². The summed E-state index contributed by atoms with van der Waals surface area (Å²) in [5, 5.41) is 21.3. The van der Waals surface area contributed by atoms with E-state index in [1.54, 1.807) is 19.2 Å². The van der Waals surface area contributed by atoms with Gasteiger partial charge in [0.25, 0.3) is 5.69 Å². The first-order valence-electron chi connectivity index (χ1n) is 8.70. The van der Waals surface area contributed by atoms with Crippen LogP contribution in [0.2, 0.25) is 0 Å². The van der Waals surface area contributed by atoms with Gasteiger partial charge in [0, 0.05) is 37.7 Å². The molecule has 0 bridgehead atoms. The molecule has 0 aliphatic rings. The van der Waals surface area contributed by atoms with Crippen LogP contribution in [0, 0.1) is 10.1 Å². The Kier molecular flexibility index (Phi) is 9.76. The molecule has 0 saturated heterocycles. The number of nitro groups is 1. The average molecular weight is 487 g/mol. The summed E-state index contributed by atoms with van der Waals surface area (Å²) in [6.07, 6.45) is 2.06. The quantitative estimate of drug-likeness (QED) is 0.192. The molecule has 0 aliphatic carbocycles. The highest BCUT2D eigenvalue weighted by Crippen LogP contribution is 2.22. The van der Waals surface area contributed by atoms with E-state index in [4.69, 9.17) is 4.52 Å². The standard InChI is InChI=1S/C18H25N5O3.HI/c1-4-14(5-2)17-10-16(26-22-17)12-21-18(19-3)20-11-13-7-6-8-15(9-13)23(24)25;/h6-10,14H,4-5,11-12H2,1-3H3,(H2,19,20,21);1H. The number of halogens is 1. The lowest BCUT2D eigenvalue weighted by molar-refractivity contribution is -0.384. The van der Waals surface area contributed by atoms with Crippen LogP contribution in [0.3, 0.4) is 0 Å². The highest BCUT2D eigenvalue weighted by Gasteiger charge is 2.13.